The third-order valence-electron chi connectivity index (χ3n) is 3.85. The fourth-order valence-corrected chi connectivity index (χ4v) is 3.54. The second kappa shape index (κ2) is 6.11. The smallest absolute Gasteiger partial charge is 0.269 e. The number of nitrogens with one attached hydrogen (secondary N) is 1. The first-order chi connectivity index (χ1) is 12.5. The van der Waals surface area contributed by atoms with Crippen molar-refractivity contribution in [1.29, 1.82) is 0 Å². The Hall–Kier alpha value is -3.47. The van der Waals surface area contributed by atoms with Crippen LogP contribution < -0.4 is 5.43 Å². The van der Waals surface area contributed by atoms with Gasteiger partial charge in [0, 0.05) is 29.8 Å². The molecule has 2 heterocycles. The predicted molar refractivity (Wildman–Crippen MR) is 93.2 cm³/mol. The van der Waals surface area contributed by atoms with Crippen molar-refractivity contribution in [2.45, 2.75) is 10.5 Å². The Bertz CT molecular complexity index is 1000. The molecule has 0 spiro atoms. The molecule has 10 nitrogen and oxygen atoms in total. The number of nitro benzene ring substituents is 2. The average Bonchev–Trinajstić information content (AvgIpc) is 3.22. The van der Waals surface area contributed by atoms with Gasteiger partial charge in [0.15, 0.2) is 5.82 Å². The molecule has 1 aliphatic heterocycles. The number of aromatic nitrogens is 3. The lowest BCUT2D eigenvalue weighted by Crippen LogP contribution is -2.13. The van der Waals surface area contributed by atoms with E-state index in [0.29, 0.717) is 16.5 Å². The molecule has 0 amide bonds. The first kappa shape index (κ1) is 16.0. The van der Waals surface area contributed by atoms with Gasteiger partial charge < -0.3 is 5.43 Å². The number of rotatable bonds is 4. The maximum Gasteiger partial charge on any atom is 0.269 e. The summed E-state index contributed by atoms with van der Waals surface area (Å²) in [5, 5.41) is 30.2. The lowest BCUT2D eigenvalue weighted by Gasteiger charge is -2.12. The maximum absolute atomic E-state index is 10.8. The number of benzene rings is 2. The van der Waals surface area contributed by atoms with Gasteiger partial charge in [-0.2, -0.15) is 0 Å². The standard InChI is InChI=1S/C15H10N6O4S/c22-20(23)11-5-1-9(2-6-11)13-16-17-15-19(13)18-14(26-15)10-3-7-12(8-4-10)21(24)25/h1-8,14,18H. The Morgan fingerprint density at radius 3 is 2.08 bits per heavy atom. The zero-order valence-corrected chi connectivity index (χ0v) is 13.8. The van der Waals surface area contributed by atoms with Crippen molar-refractivity contribution in [3.05, 3.63) is 74.3 Å². The van der Waals surface area contributed by atoms with Gasteiger partial charge in [-0.05, 0) is 29.8 Å². The third kappa shape index (κ3) is 2.73. The minimum absolute atomic E-state index is 0.000927. The molecule has 0 radical (unpaired) electrons. The molecule has 0 aliphatic carbocycles. The van der Waals surface area contributed by atoms with E-state index in [9.17, 15) is 20.2 Å². The highest BCUT2D eigenvalue weighted by atomic mass is 32.2. The van der Waals surface area contributed by atoms with Crippen LogP contribution in [0.25, 0.3) is 11.4 Å². The van der Waals surface area contributed by atoms with Crippen LogP contribution in [-0.4, -0.2) is 24.7 Å². The molecule has 0 saturated carbocycles. The summed E-state index contributed by atoms with van der Waals surface area (Å²) < 4.78 is 1.71. The molecular weight excluding hydrogens is 360 g/mol. The summed E-state index contributed by atoms with van der Waals surface area (Å²) in [4.78, 5) is 20.6. The Balaban J connectivity index is 1.58. The number of nitro groups is 2. The molecule has 0 bridgehead atoms. The zero-order valence-electron chi connectivity index (χ0n) is 13.0. The van der Waals surface area contributed by atoms with Crippen LogP contribution in [0.2, 0.25) is 0 Å². The highest BCUT2D eigenvalue weighted by Crippen LogP contribution is 2.40. The Morgan fingerprint density at radius 2 is 1.50 bits per heavy atom. The van der Waals surface area contributed by atoms with Crippen LogP contribution in [0.5, 0.6) is 0 Å². The lowest BCUT2D eigenvalue weighted by atomic mass is 10.2. The van der Waals surface area contributed by atoms with E-state index in [1.54, 1.807) is 28.9 Å². The van der Waals surface area contributed by atoms with E-state index in [2.05, 4.69) is 15.6 Å². The van der Waals surface area contributed by atoms with E-state index >= 15 is 0 Å². The molecule has 3 aromatic rings. The van der Waals surface area contributed by atoms with Crippen molar-refractivity contribution < 1.29 is 9.85 Å². The van der Waals surface area contributed by atoms with E-state index in [1.807, 2.05) is 0 Å². The van der Waals surface area contributed by atoms with Crippen LogP contribution in [0, 0.1) is 20.2 Å². The van der Waals surface area contributed by atoms with E-state index in [0.717, 1.165) is 5.56 Å². The van der Waals surface area contributed by atoms with Crippen LogP contribution >= 0.6 is 11.8 Å². The van der Waals surface area contributed by atoms with Gasteiger partial charge in [0.2, 0.25) is 5.16 Å². The average molecular weight is 370 g/mol. The van der Waals surface area contributed by atoms with Gasteiger partial charge in [-0.1, -0.05) is 11.8 Å². The van der Waals surface area contributed by atoms with Crippen molar-refractivity contribution in [3.63, 3.8) is 0 Å². The van der Waals surface area contributed by atoms with Crippen molar-refractivity contribution in [2.24, 2.45) is 0 Å². The summed E-state index contributed by atoms with van der Waals surface area (Å²) in [7, 11) is 0. The summed E-state index contributed by atoms with van der Waals surface area (Å²) in [6.45, 7) is 0. The molecule has 1 N–H and O–H groups in total. The third-order valence-corrected chi connectivity index (χ3v) is 4.93. The van der Waals surface area contributed by atoms with E-state index in [1.165, 1.54) is 36.0 Å². The molecule has 11 heteroatoms. The lowest BCUT2D eigenvalue weighted by molar-refractivity contribution is -0.385. The van der Waals surface area contributed by atoms with Gasteiger partial charge in [-0.3, -0.25) is 20.2 Å². The largest absolute Gasteiger partial charge is 0.304 e. The molecule has 4 rings (SSSR count). The zero-order chi connectivity index (χ0) is 18.3. The van der Waals surface area contributed by atoms with Gasteiger partial charge in [-0.15, -0.1) is 10.2 Å². The highest BCUT2D eigenvalue weighted by molar-refractivity contribution is 7.99. The van der Waals surface area contributed by atoms with Crippen molar-refractivity contribution >= 4 is 23.1 Å². The minimum atomic E-state index is -0.462. The normalized spacial score (nSPS) is 15.3. The topological polar surface area (TPSA) is 129 Å². The fraction of sp³-hybridized carbons (Fsp3) is 0.0667. The molecular formula is C15H10N6O4S. The van der Waals surface area contributed by atoms with Crippen molar-refractivity contribution in [3.8, 4) is 11.4 Å². The molecule has 1 atom stereocenters. The number of fused-ring (bicyclic) bond motifs is 1. The van der Waals surface area contributed by atoms with Gasteiger partial charge in [0.1, 0.15) is 5.37 Å². The Labute approximate surface area is 150 Å². The Morgan fingerprint density at radius 1 is 0.923 bits per heavy atom. The van der Waals surface area contributed by atoms with Crippen LogP contribution in [0.15, 0.2) is 53.7 Å². The maximum atomic E-state index is 10.8. The summed E-state index contributed by atoms with van der Waals surface area (Å²) in [5.74, 6) is 0.534. The monoisotopic (exact) mass is 370 g/mol. The Kier molecular flexibility index (Phi) is 3.77. The van der Waals surface area contributed by atoms with Crippen LogP contribution in [-0.2, 0) is 0 Å². The van der Waals surface area contributed by atoms with Crippen LogP contribution in [0.1, 0.15) is 10.9 Å². The van der Waals surface area contributed by atoms with Gasteiger partial charge in [0.25, 0.3) is 11.4 Å². The molecule has 1 unspecified atom stereocenters. The summed E-state index contributed by atoms with van der Waals surface area (Å²) in [6.07, 6.45) is 0. The van der Waals surface area contributed by atoms with Gasteiger partial charge >= 0.3 is 0 Å². The minimum Gasteiger partial charge on any atom is -0.304 e. The molecule has 0 saturated heterocycles. The predicted octanol–water partition coefficient (Wildman–Crippen LogP) is 3.11. The molecule has 1 aromatic heterocycles. The quantitative estimate of drug-likeness (QED) is 0.548. The van der Waals surface area contributed by atoms with Crippen LogP contribution in [0.4, 0.5) is 11.4 Å². The number of hydrogen-bond donors (Lipinski definition) is 1. The molecule has 130 valence electrons. The van der Waals surface area contributed by atoms with Crippen LogP contribution in [0.3, 0.4) is 0 Å². The number of nitrogens with zero attached hydrogens (tertiary/aromatic N) is 5. The number of thioether (sulfide) groups is 1. The van der Waals surface area contributed by atoms with Crippen molar-refractivity contribution in [2.75, 3.05) is 5.43 Å². The molecule has 26 heavy (non-hydrogen) atoms. The molecule has 2 aromatic carbocycles. The fourth-order valence-electron chi connectivity index (χ4n) is 2.54. The first-order valence-corrected chi connectivity index (χ1v) is 8.29. The highest BCUT2D eigenvalue weighted by Gasteiger charge is 2.28. The second-order valence-electron chi connectivity index (χ2n) is 5.42. The summed E-state index contributed by atoms with van der Waals surface area (Å²) in [6, 6.07) is 12.3. The van der Waals surface area contributed by atoms with E-state index in [4.69, 9.17) is 0 Å². The van der Waals surface area contributed by atoms with E-state index < -0.39 is 9.85 Å². The second-order valence-corrected chi connectivity index (χ2v) is 6.49. The van der Waals surface area contributed by atoms with E-state index in [-0.39, 0.29) is 16.7 Å². The first-order valence-electron chi connectivity index (χ1n) is 7.41. The number of hydrogen-bond acceptors (Lipinski definition) is 8. The van der Waals surface area contributed by atoms with Gasteiger partial charge in [0.05, 0.1) is 9.85 Å². The van der Waals surface area contributed by atoms with Gasteiger partial charge in [-0.25, -0.2) is 4.68 Å². The molecule has 1 aliphatic rings. The van der Waals surface area contributed by atoms with Crippen molar-refractivity contribution in [1.82, 2.24) is 14.9 Å². The SMILES string of the molecule is O=[N+]([O-])c1ccc(-c2nnc3n2NC(c2ccc([N+](=O)[O-])cc2)S3)cc1. The number of non-ortho nitro benzene ring substituents is 2. The summed E-state index contributed by atoms with van der Waals surface area (Å²) in [5.41, 5.74) is 4.81. The summed E-state index contributed by atoms with van der Waals surface area (Å²) >= 11 is 1.43. The molecule has 0 fully saturated rings.